The van der Waals surface area contributed by atoms with E-state index in [4.69, 9.17) is 4.74 Å². The van der Waals surface area contributed by atoms with E-state index in [1.165, 1.54) is 17.9 Å². The van der Waals surface area contributed by atoms with Crippen LogP contribution in [-0.4, -0.2) is 63.5 Å². The number of nitrogens with zero attached hydrogens (tertiary/aromatic N) is 3. The standard InChI is InChI=1S/C26H34FN3O3/c1-6-7-14-33-25-11-8-19(15-22(25)18(2)31)26(32)29(5)20-9-10-24(23(27)16-20)30-13-12-21(17-30)28(3)4/h8-11,15-16,21H,6-7,12-14,17H2,1-5H3. The van der Waals surface area contributed by atoms with Gasteiger partial charge >= 0.3 is 0 Å². The van der Waals surface area contributed by atoms with E-state index in [0.29, 0.717) is 40.9 Å². The third-order valence-corrected chi connectivity index (χ3v) is 6.22. The normalized spacial score (nSPS) is 15.7. The van der Waals surface area contributed by atoms with Crippen LogP contribution in [0, 0.1) is 5.82 Å². The van der Waals surface area contributed by atoms with Crippen LogP contribution in [-0.2, 0) is 0 Å². The van der Waals surface area contributed by atoms with Crippen molar-refractivity contribution < 1.29 is 18.7 Å². The van der Waals surface area contributed by atoms with E-state index in [1.807, 2.05) is 19.0 Å². The molecule has 0 radical (unpaired) electrons. The summed E-state index contributed by atoms with van der Waals surface area (Å²) >= 11 is 0. The van der Waals surface area contributed by atoms with Crippen LogP contribution < -0.4 is 14.5 Å². The Balaban J connectivity index is 1.77. The van der Waals surface area contributed by atoms with Crippen molar-refractivity contribution in [3.05, 3.63) is 53.3 Å². The van der Waals surface area contributed by atoms with Crippen LogP contribution >= 0.6 is 0 Å². The maximum Gasteiger partial charge on any atom is 0.258 e. The molecule has 1 unspecified atom stereocenters. The summed E-state index contributed by atoms with van der Waals surface area (Å²) in [6.45, 7) is 5.61. The first kappa shape index (κ1) is 24.7. The highest BCUT2D eigenvalue weighted by atomic mass is 19.1. The number of anilines is 2. The molecule has 0 aliphatic carbocycles. The van der Waals surface area contributed by atoms with E-state index in [9.17, 15) is 14.0 Å². The molecule has 7 heteroatoms. The lowest BCUT2D eigenvalue weighted by atomic mass is 10.1. The van der Waals surface area contributed by atoms with Gasteiger partial charge in [0.1, 0.15) is 11.6 Å². The van der Waals surface area contributed by atoms with Crippen LogP contribution in [0.4, 0.5) is 15.8 Å². The lowest BCUT2D eigenvalue weighted by Gasteiger charge is -2.24. The molecule has 1 aliphatic heterocycles. The molecule has 6 nitrogen and oxygen atoms in total. The summed E-state index contributed by atoms with van der Waals surface area (Å²) < 4.78 is 20.7. The summed E-state index contributed by atoms with van der Waals surface area (Å²) in [5, 5.41) is 0. The molecule has 1 amide bonds. The molecular formula is C26H34FN3O3. The lowest BCUT2D eigenvalue weighted by molar-refractivity contribution is 0.0993. The van der Waals surface area contributed by atoms with Crippen molar-refractivity contribution in [2.24, 2.45) is 0 Å². The van der Waals surface area contributed by atoms with Gasteiger partial charge in [-0.2, -0.15) is 0 Å². The summed E-state index contributed by atoms with van der Waals surface area (Å²) in [6.07, 6.45) is 2.86. The number of ketones is 1. The molecule has 33 heavy (non-hydrogen) atoms. The second-order valence-corrected chi connectivity index (χ2v) is 8.82. The Morgan fingerprint density at radius 3 is 2.52 bits per heavy atom. The Kier molecular flexibility index (Phi) is 8.08. The molecule has 0 aromatic heterocycles. The van der Waals surface area contributed by atoms with Gasteiger partial charge in [-0.3, -0.25) is 9.59 Å². The summed E-state index contributed by atoms with van der Waals surface area (Å²) in [4.78, 5) is 30.8. The number of amides is 1. The molecule has 0 saturated carbocycles. The Morgan fingerprint density at radius 2 is 1.91 bits per heavy atom. The smallest absolute Gasteiger partial charge is 0.258 e. The van der Waals surface area contributed by atoms with Crippen molar-refractivity contribution in [1.82, 2.24) is 4.90 Å². The van der Waals surface area contributed by atoms with Gasteiger partial charge < -0.3 is 19.4 Å². The number of ether oxygens (including phenoxy) is 1. The molecule has 178 valence electrons. The Hall–Kier alpha value is -2.93. The Labute approximate surface area is 195 Å². The summed E-state index contributed by atoms with van der Waals surface area (Å²) in [5.41, 5.74) is 1.73. The van der Waals surface area contributed by atoms with Crippen molar-refractivity contribution in [3.63, 3.8) is 0 Å². The average molecular weight is 456 g/mol. The summed E-state index contributed by atoms with van der Waals surface area (Å²) in [7, 11) is 5.68. The van der Waals surface area contributed by atoms with Gasteiger partial charge in [0.25, 0.3) is 5.91 Å². The predicted octanol–water partition coefficient (Wildman–Crippen LogP) is 4.62. The fourth-order valence-corrected chi connectivity index (χ4v) is 4.04. The molecule has 3 rings (SSSR count). The average Bonchev–Trinajstić information content (AvgIpc) is 3.28. The predicted molar refractivity (Wildman–Crippen MR) is 130 cm³/mol. The molecule has 1 aliphatic rings. The number of hydrogen-bond acceptors (Lipinski definition) is 5. The first-order valence-electron chi connectivity index (χ1n) is 11.5. The Bertz CT molecular complexity index is 1010. The minimum atomic E-state index is -0.351. The van der Waals surface area contributed by atoms with Gasteiger partial charge in [-0.05, 0) is 70.3 Å². The van der Waals surface area contributed by atoms with Gasteiger partial charge in [-0.15, -0.1) is 0 Å². The molecule has 0 bridgehead atoms. The minimum Gasteiger partial charge on any atom is -0.493 e. The van der Waals surface area contributed by atoms with Crippen molar-refractivity contribution in [2.45, 2.75) is 39.2 Å². The number of Topliss-reactive ketones (excluding diaryl/α,β-unsaturated/α-hetero) is 1. The Morgan fingerprint density at radius 1 is 1.15 bits per heavy atom. The highest BCUT2D eigenvalue weighted by Gasteiger charge is 2.26. The summed E-state index contributed by atoms with van der Waals surface area (Å²) in [5.74, 6) is -0.364. The molecular weight excluding hydrogens is 421 g/mol. The highest BCUT2D eigenvalue weighted by molar-refractivity contribution is 6.08. The molecule has 0 spiro atoms. The monoisotopic (exact) mass is 455 g/mol. The quantitative estimate of drug-likeness (QED) is 0.408. The number of likely N-dealkylation sites (N-methyl/N-ethyl adjacent to an activating group) is 1. The zero-order valence-electron chi connectivity index (χ0n) is 20.2. The third-order valence-electron chi connectivity index (χ3n) is 6.22. The van der Waals surface area contributed by atoms with Crippen LogP contribution in [0.1, 0.15) is 53.8 Å². The van der Waals surface area contributed by atoms with E-state index in [0.717, 1.165) is 32.4 Å². The van der Waals surface area contributed by atoms with E-state index < -0.39 is 0 Å². The number of unbranched alkanes of at least 4 members (excludes halogenated alkanes) is 1. The molecule has 0 N–H and O–H groups in total. The minimum absolute atomic E-state index is 0.171. The van der Waals surface area contributed by atoms with Gasteiger partial charge in [0.05, 0.1) is 17.9 Å². The number of carbonyl (C=O) groups is 2. The van der Waals surface area contributed by atoms with Gasteiger partial charge in [0.15, 0.2) is 5.78 Å². The second kappa shape index (κ2) is 10.8. The summed E-state index contributed by atoms with van der Waals surface area (Å²) in [6, 6.07) is 10.1. The number of hydrogen-bond donors (Lipinski definition) is 0. The number of rotatable bonds is 9. The van der Waals surface area contributed by atoms with Crippen molar-refractivity contribution in [1.29, 1.82) is 0 Å². The largest absolute Gasteiger partial charge is 0.493 e. The maximum absolute atomic E-state index is 15.0. The lowest BCUT2D eigenvalue weighted by Crippen LogP contribution is -2.31. The molecule has 1 heterocycles. The molecule has 1 atom stereocenters. The van der Waals surface area contributed by atoms with Gasteiger partial charge in [0, 0.05) is 37.4 Å². The van der Waals surface area contributed by atoms with Gasteiger partial charge in [-0.1, -0.05) is 13.3 Å². The van der Waals surface area contributed by atoms with Crippen LogP contribution in [0.15, 0.2) is 36.4 Å². The van der Waals surface area contributed by atoms with Crippen LogP contribution in [0.2, 0.25) is 0 Å². The topological polar surface area (TPSA) is 53.1 Å². The third kappa shape index (κ3) is 5.71. The van der Waals surface area contributed by atoms with Crippen LogP contribution in [0.3, 0.4) is 0 Å². The molecule has 2 aromatic rings. The van der Waals surface area contributed by atoms with E-state index in [1.54, 1.807) is 37.4 Å². The zero-order valence-corrected chi connectivity index (χ0v) is 20.2. The first-order valence-corrected chi connectivity index (χ1v) is 11.5. The molecule has 1 fully saturated rings. The van der Waals surface area contributed by atoms with Crippen LogP contribution in [0.5, 0.6) is 5.75 Å². The van der Waals surface area contributed by atoms with E-state index >= 15 is 0 Å². The number of benzene rings is 2. The molecule has 1 saturated heterocycles. The fourth-order valence-electron chi connectivity index (χ4n) is 4.04. The van der Waals surface area contributed by atoms with Gasteiger partial charge in [-0.25, -0.2) is 4.39 Å². The van der Waals surface area contributed by atoms with Crippen molar-refractivity contribution in [2.75, 3.05) is 50.6 Å². The van der Waals surface area contributed by atoms with E-state index in [2.05, 4.69) is 11.8 Å². The second-order valence-electron chi connectivity index (χ2n) is 8.82. The maximum atomic E-state index is 15.0. The zero-order chi connectivity index (χ0) is 24.1. The van der Waals surface area contributed by atoms with Crippen molar-refractivity contribution >= 4 is 23.1 Å². The highest BCUT2D eigenvalue weighted by Crippen LogP contribution is 2.29. The van der Waals surface area contributed by atoms with Gasteiger partial charge in [0.2, 0.25) is 0 Å². The fraction of sp³-hybridized carbons (Fsp3) is 0.462. The number of carbonyl (C=O) groups excluding carboxylic acids is 2. The van der Waals surface area contributed by atoms with E-state index in [-0.39, 0.29) is 17.5 Å². The molecule has 2 aromatic carbocycles. The first-order chi connectivity index (χ1) is 15.7. The SMILES string of the molecule is CCCCOc1ccc(C(=O)N(C)c2ccc(N3CCC(N(C)C)C3)c(F)c2)cc1C(C)=O. The number of halogens is 1. The van der Waals surface area contributed by atoms with Crippen LogP contribution in [0.25, 0.3) is 0 Å². The van der Waals surface area contributed by atoms with Crippen molar-refractivity contribution in [3.8, 4) is 5.75 Å².